The zero-order valence-electron chi connectivity index (χ0n) is 26.2. The molecule has 288 valence electrons. The lowest BCUT2D eigenvalue weighted by atomic mass is 11.1. The van der Waals surface area contributed by atoms with E-state index in [1.165, 1.54) is 70.8 Å². The maximum Gasteiger partial charge on any atom is 0.408 e. The Labute approximate surface area is 352 Å². The average molecular weight is 972 g/mol. The minimum Gasteiger partial charge on any atom is -0.438 e. The topological polar surface area (TPSA) is 168 Å². The molecule has 4 N–H and O–H groups in total. The van der Waals surface area contributed by atoms with Gasteiger partial charge in [-0.1, -0.05) is 11.8 Å². The van der Waals surface area contributed by atoms with Crippen LogP contribution in [0.15, 0.2) is 9.98 Å². The van der Waals surface area contributed by atoms with Gasteiger partial charge in [0.15, 0.2) is 0 Å². The van der Waals surface area contributed by atoms with Crippen molar-refractivity contribution in [1.82, 2.24) is 10.6 Å². The van der Waals surface area contributed by atoms with Crippen LogP contribution in [0.1, 0.15) is 0 Å². The summed E-state index contributed by atoms with van der Waals surface area (Å²) >= 11 is 22.1. The number of aliphatic hydroxyl groups excluding tert-OH is 2. The third kappa shape index (κ3) is 45.1. The van der Waals surface area contributed by atoms with E-state index in [1.54, 1.807) is 106 Å². The summed E-state index contributed by atoms with van der Waals surface area (Å²) in [6.45, 7) is 0. The third-order valence-electron chi connectivity index (χ3n) is 3.74. The fourth-order valence-electron chi connectivity index (χ4n) is 1.94. The molecule has 0 aliphatic carbocycles. The van der Waals surface area contributed by atoms with Gasteiger partial charge in [-0.3, -0.25) is 14.0 Å². The molecule has 0 heterocycles. The molecule has 0 aromatic rings. The second kappa shape index (κ2) is 45.2. The highest BCUT2D eigenvalue weighted by Crippen LogP contribution is 2.21. The van der Waals surface area contributed by atoms with Gasteiger partial charge in [-0.2, -0.15) is 4.89 Å². The van der Waals surface area contributed by atoms with Gasteiger partial charge >= 0.3 is 6.09 Å². The van der Waals surface area contributed by atoms with Crippen molar-refractivity contribution in [3.8, 4) is 0 Å². The van der Waals surface area contributed by atoms with Crippen molar-refractivity contribution in [3.63, 3.8) is 0 Å². The Morgan fingerprint density at radius 1 is 0.633 bits per heavy atom. The van der Waals surface area contributed by atoms with E-state index < -0.39 is 16.9 Å². The highest BCUT2D eigenvalue weighted by atomic mass is 32.3. The van der Waals surface area contributed by atoms with E-state index in [4.69, 9.17) is 24.7 Å². The molecule has 27 heteroatoms. The van der Waals surface area contributed by atoms with Crippen LogP contribution in [0, 0.1) is 0 Å². The number of ether oxygens (including phenoxy) is 1. The standard InChI is InChI=1S/C22H42N4O8S15/c27-7-39-15-46-19-48-22(30)26-5-38-14-43-11-35-2-23-1-33-34-10-42-18-45-17-41-9-32-21(29)25-4-37-13-44-12-36-3-24-6-49(31)20-47-16-40-8-28/h1,6,27-28H,2-5,7-20H2,(H,25,29)(H,26,30). The Morgan fingerprint density at radius 3 is 1.88 bits per heavy atom. The van der Waals surface area contributed by atoms with E-state index in [9.17, 15) is 13.8 Å². The lowest BCUT2D eigenvalue weighted by molar-refractivity contribution is -0.196. The van der Waals surface area contributed by atoms with Crippen LogP contribution in [-0.4, -0.2) is 136 Å². The molecule has 0 saturated heterocycles. The Hall–Kier alpha value is 2.81. The van der Waals surface area contributed by atoms with Crippen LogP contribution in [0.4, 0.5) is 9.59 Å². The second-order valence-corrected chi connectivity index (χ2v) is 25.7. The molecule has 0 bridgehead atoms. The molecule has 0 saturated carbocycles. The van der Waals surface area contributed by atoms with E-state index >= 15 is 0 Å². The summed E-state index contributed by atoms with van der Waals surface area (Å²) in [7, 11) is -1.08. The molecule has 12 nitrogen and oxygen atoms in total. The molecular weight excluding hydrogens is 929 g/mol. The van der Waals surface area contributed by atoms with Crippen molar-refractivity contribution in [2.24, 2.45) is 9.98 Å². The van der Waals surface area contributed by atoms with Crippen molar-refractivity contribution in [2.75, 3.05) is 98.1 Å². The number of carbonyl (C=O) groups excluding carboxylic acids is 2. The highest BCUT2D eigenvalue weighted by molar-refractivity contribution is 8.27. The first-order valence-electron chi connectivity index (χ1n) is 13.3. The largest absolute Gasteiger partial charge is 0.438 e. The molecule has 0 aromatic heterocycles. The van der Waals surface area contributed by atoms with Gasteiger partial charge in [0.25, 0.3) is 5.24 Å². The van der Waals surface area contributed by atoms with Crippen LogP contribution in [0.25, 0.3) is 0 Å². The van der Waals surface area contributed by atoms with Gasteiger partial charge in [0.05, 0.1) is 56.8 Å². The van der Waals surface area contributed by atoms with Crippen molar-refractivity contribution < 1.29 is 38.5 Å². The van der Waals surface area contributed by atoms with Gasteiger partial charge in [0, 0.05) is 45.8 Å². The fraction of sp³-hybridized carbons (Fsp3) is 0.818. The number of hydrogen-bond donors (Lipinski definition) is 4. The molecule has 0 rings (SSSR count). The first kappa shape index (κ1) is 51.8. The SMILES string of the molecule is O=C(NCSCSCSCN=CS(=O)CSCSCO)OCSCSCSCOOC=NCSCSCSCNC(=O)SCSCSCO. The second-order valence-electron chi connectivity index (χ2n) is 7.26. The smallest absolute Gasteiger partial charge is 0.408 e. The van der Waals surface area contributed by atoms with Gasteiger partial charge in [-0.15, -0.1) is 153 Å². The number of alkyl carbamates (subject to hydrolysis) is 1. The molecule has 0 aliphatic heterocycles. The zero-order chi connectivity index (χ0) is 35.7. The van der Waals surface area contributed by atoms with E-state index in [2.05, 4.69) is 20.6 Å². The molecule has 0 fully saturated rings. The quantitative estimate of drug-likeness (QED) is 0.0120. The summed E-state index contributed by atoms with van der Waals surface area (Å²) in [6.07, 6.45) is 0.879. The maximum atomic E-state index is 11.8. The van der Waals surface area contributed by atoms with Crippen molar-refractivity contribution in [3.05, 3.63) is 0 Å². The molecular formula is C22H42N4O8S15. The van der Waals surface area contributed by atoms with Gasteiger partial charge < -0.3 is 30.5 Å². The number of rotatable bonds is 37. The number of thioether (sulfide) groups is 14. The molecule has 2 amide bonds. The normalized spacial score (nSPS) is 12.1. The predicted octanol–water partition coefficient (Wildman–Crippen LogP) is 7.66. The van der Waals surface area contributed by atoms with Crippen LogP contribution in [0.2, 0.25) is 0 Å². The Balaban J connectivity index is 3.30. The Bertz CT molecular complexity index is 849. The predicted molar refractivity (Wildman–Crippen MR) is 244 cm³/mol. The number of hydrogen-bond acceptors (Lipinski definition) is 24. The van der Waals surface area contributed by atoms with Crippen LogP contribution in [-0.2, 0) is 25.3 Å². The summed E-state index contributed by atoms with van der Waals surface area (Å²) in [4.78, 5) is 41.7. The van der Waals surface area contributed by atoms with Crippen molar-refractivity contribution in [1.29, 1.82) is 0 Å². The van der Waals surface area contributed by atoms with Gasteiger partial charge in [-0.25, -0.2) is 9.79 Å². The Kier molecular flexibility index (Phi) is 47.8. The van der Waals surface area contributed by atoms with Gasteiger partial charge in [0.1, 0.15) is 11.9 Å². The lowest BCUT2D eigenvalue weighted by Crippen LogP contribution is -2.23. The van der Waals surface area contributed by atoms with Crippen molar-refractivity contribution >= 4 is 199 Å². The zero-order valence-corrected chi connectivity index (χ0v) is 38.5. The molecule has 49 heavy (non-hydrogen) atoms. The fourth-order valence-corrected chi connectivity index (χ4v) is 15.9. The number of nitrogens with one attached hydrogen (secondary N) is 2. The number of nitrogens with zero attached hydrogens (tertiary/aromatic N) is 2. The van der Waals surface area contributed by atoms with Crippen LogP contribution in [0.3, 0.4) is 0 Å². The van der Waals surface area contributed by atoms with Gasteiger partial charge in [0.2, 0.25) is 6.40 Å². The maximum absolute atomic E-state index is 11.8. The molecule has 0 aliphatic rings. The summed E-state index contributed by atoms with van der Waals surface area (Å²) in [6, 6.07) is 0. The number of amides is 2. The lowest BCUT2D eigenvalue weighted by Gasteiger charge is -2.06. The van der Waals surface area contributed by atoms with Crippen molar-refractivity contribution in [2.45, 2.75) is 0 Å². The molecule has 0 radical (unpaired) electrons. The molecule has 1 unspecified atom stereocenters. The van der Waals surface area contributed by atoms with E-state index in [0.29, 0.717) is 45.6 Å². The number of aliphatic imine (C=N–C) groups is 2. The highest BCUT2D eigenvalue weighted by Gasteiger charge is 2.03. The summed E-state index contributed by atoms with van der Waals surface area (Å²) in [5.74, 6) is 3.08. The average Bonchev–Trinajstić information content (AvgIpc) is 3.10. The number of carbonyl (C=O) groups is 2. The van der Waals surface area contributed by atoms with Crippen LogP contribution < -0.4 is 10.6 Å². The van der Waals surface area contributed by atoms with Gasteiger partial charge in [-0.05, 0) is 0 Å². The number of aliphatic hydroxyl groups is 2. The molecule has 1 atom stereocenters. The summed E-state index contributed by atoms with van der Waals surface area (Å²) in [5.41, 5.74) is 1.49. The van der Waals surface area contributed by atoms with E-state index in [0.717, 1.165) is 40.7 Å². The summed E-state index contributed by atoms with van der Waals surface area (Å²) < 4.78 is 16.9. The third-order valence-corrected chi connectivity index (χ3v) is 20.2. The van der Waals surface area contributed by atoms with E-state index in [1.807, 2.05) is 0 Å². The monoisotopic (exact) mass is 970 g/mol. The molecule has 0 spiro atoms. The van der Waals surface area contributed by atoms with Crippen LogP contribution >= 0.6 is 165 Å². The minimum atomic E-state index is -1.08. The minimum absolute atomic E-state index is 0.0211. The first-order valence-corrected chi connectivity index (χ1v) is 30.6. The summed E-state index contributed by atoms with van der Waals surface area (Å²) in [5, 5.41) is 30.7. The molecule has 0 aromatic carbocycles. The van der Waals surface area contributed by atoms with E-state index in [-0.39, 0.29) is 17.1 Å². The van der Waals surface area contributed by atoms with Crippen LogP contribution in [0.5, 0.6) is 0 Å². The Morgan fingerprint density at radius 2 is 1.18 bits per heavy atom. The first-order chi connectivity index (χ1) is 24.1.